The summed E-state index contributed by atoms with van der Waals surface area (Å²) in [5.74, 6) is 0.330. The molecule has 1 atom stereocenters. The predicted molar refractivity (Wildman–Crippen MR) is 79.8 cm³/mol. The van der Waals surface area contributed by atoms with Gasteiger partial charge in [0.05, 0.1) is 6.61 Å². The van der Waals surface area contributed by atoms with Crippen molar-refractivity contribution in [1.82, 2.24) is 5.32 Å². The first-order valence-corrected chi connectivity index (χ1v) is 6.99. The lowest BCUT2D eigenvalue weighted by molar-refractivity contribution is -0.150. The average Bonchev–Trinajstić information content (AvgIpc) is 2.37. The van der Waals surface area contributed by atoms with Crippen molar-refractivity contribution in [2.75, 3.05) is 6.61 Å². The van der Waals surface area contributed by atoms with Gasteiger partial charge in [-0.3, -0.25) is 0 Å². The largest absolute Gasteiger partial charge is 0.479 e. The molecule has 0 radical (unpaired) electrons. The fraction of sp³-hybridized carbons (Fsp3) is 0.562. The molecule has 112 valence electrons. The van der Waals surface area contributed by atoms with Crippen molar-refractivity contribution in [3.8, 4) is 5.75 Å². The van der Waals surface area contributed by atoms with E-state index < -0.39 is 6.10 Å². The van der Waals surface area contributed by atoms with Gasteiger partial charge in [-0.2, -0.15) is 0 Å². The van der Waals surface area contributed by atoms with Crippen LogP contribution >= 0.6 is 0 Å². The molecule has 20 heavy (non-hydrogen) atoms. The number of esters is 1. The summed E-state index contributed by atoms with van der Waals surface area (Å²) in [6.45, 7) is 11.0. The quantitative estimate of drug-likeness (QED) is 0.813. The second-order valence-electron chi connectivity index (χ2n) is 5.76. The summed E-state index contributed by atoms with van der Waals surface area (Å²) in [6, 6.07) is 7.72. The Balaban J connectivity index is 2.52. The predicted octanol–water partition coefficient (Wildman–Crippen LogP) is 2.91. The van der Waals surface area contributed by atoms with E-state index in [0.717, 1.165) is 6.54 Å². The van der Waals surface area contributed by atoms with Gasteiger partial charge in [-0.15, -0.1) is 0 Å². The van der Waals surface area contributed by atoms with E-state index in [1.165, 1.54) is 5.56 Å². The zero-order chi connectivity index (χ0) is 15.2. The third kappa shape index (κ3) is 6.06. The number of carbonyl (C=O) groups excluding carboxylic acids is 1. The van der Waals surface area contributed by atoms with Crippen LogP contribution < -0.4 is 10.1 Å². The van der Waals surface area contributed by atoms with Gasteiger partial charge in [-0.1, -0.05) is 12.1 Å². The number of hydrogen-bond donors (Lipinski definition) is 1. The smallest absolute Gasteiger partial charge is 0.347 e. The van der Waals surface area contributed by atoms with E-state index in [0.29, 0.717) is 12.4 Å². The molecule has 0 fully saturated rings. The van der Waals surface area contributed by atoms with Crippen molar-refractivity contribution >= 4 is 5.97 Å². The molecule has 1 N–H and O–H groups in total. The zero-order valence-corrected chi connectivity index (χ0v) is 13.0. The Bertz CT molecular complexity index is 420. The van der Waals surface area contributed by atoms with Crippen LogP contribution in [0, 0.1) is 0 Å². The molecule has 1 rings (SSSR count). The molecular weight excluding hydrogens is 254 g/mol. The molecular formula is C16H25NO3. The van der Waals surface area contributed by atoms with Crippen molar-refractivity contribution in [2.24, 2.45) is 0 Å². The van der Waals surface area contributed by atoms with E-state index in [-0.39, 0.29) is 11.5 Å². The van der Waals surface area contributed by atoms with Gasteiger partial charge in [-0.25, -0.2) is 4.79 Å². The average molecular weight is 279 g/mol. The first kappa shape index (κ1) is 16.5. The van der Waals surface area contributed by atoms with Gasteiger partial charge in [0.15, 0.2) is 6.10 Å². The molecule has 1 aromatic carbocycles. The third-order valence-corrected chi connectivity index (χ3v) is 2.68. The van der Waals surface area contributed by atoms with Crippen LogP contribution in [0.15, 0.2) is 24.3 Å². The van der Waals surface area contributed by atoms with Crippen LogP contribution in [0.25, 0.3) is 0 Å². The molecule has 0 aliphatic heterocycles. The molecule has 1 aromatic rings. The molecule has 0 bridgehead atoms. The molecule has 1 unspecified atom stereocenters. The number of rotatable bonds is 6. The maximum absolute atomic E-state index is 11.5. The SMILES string of the molecule is CCOC(=O)C(C)Oc1ccc(CNC(C)(C)C)cc1. The minimum Gasteiger partial charge on any atom is -0.479 e. The second-order valence-corrected chi connectivity index (χ2v) is 5.76. The topological polar surface area (TPSA) is 47.6 Å². The molecule has 4 nitrogen and oxygen atoms in total. The maximum Gasteiger partial charge on any atom is 0.347 e. The Labute approximate surface area is 121 Å². The molecule has 0 aliphatic rings. The fourth-order valence-electron chi connectivity index (χ4n) is 1.56. The summed E-state index contributed by atoms with van der Waals surface area (Å²) >= 11 is 0. The van der Waals surface area contributed by atoms with E-state index in [9.17, 15) is 4.79 Å². The Hall–Kier alpha value is -1.55. The summed E-state index contributed by atoms with van der Waals surface area (Å²) in [5, 5.41) is 3.42. The Morgan fingerprint density at radius 2 is 1.85 bits per heavy atom. The molecule has 0 heterocycles. The summed E-state index contributed by atoms with van der Waals surface area (Å²) in [7, 11) is 0. The standard InChI is InChI=1S/C16H25NO3/c1-6-19-15(18)12(2)20-14-9-7-13(8-10-14)11-17-16(3,4)5/h7-10,12,17H,6,11H2,1-5H3. The normalized spacial score (nSPS) is 12.8. The van der Waals surface area contributed by atoms with Crippen molar-refractivity contribution in [3.63, 3.8) is 0 Å². The molecule has 0 saturated heterocycles. The van der Waals surface area contributed by atoms with Crippen LogP contribution in [0.2, 0.25) is 0 Å². The van der Waals surface area contributed by atoms with Crippen LogP contribution in [-0.2, 0) is 16.1 Å². The molecule has 0 amide bonds. The number of nitrogens with one attached hydrogen (secondary N) is 1. The lowest BCUT2D eigenvalue weighted by Crippen LogP contribution is -2.35. The number of ether oxygens (including phenoxy) is 2. The van der Waals surface area contributed by atoms with Gasteiger partial charge >= 0.3 is 5.97 Å². The van der Waals surface area contributed by atoms with Crippen molar-refractivity contribution in [2.45, 2.75) is 52.8 Å². The molecule has 4 heteroatoms. The number of hydrogen-bond acceptors (Lipinski definition) is 4. The summed E-state index contributed by atoms with van der Waals surface area (Å²) in [6.07, 6.45) is -0.589. The van der Waals surface area contributed by atoms with Gasteiger partial charge in [0.1, 0.15) is 5.75 Å². The minimum absolute atomic E-state index is 0.0909. The monoisotopic (exact) mass is 279 g/mol. The Kier molecular flexibility index (Phi) is 6.02. The first-order chi connectivity index (χ1) is 9.31. The van der Waals surface area contributed by atoms with Gasteiger partial charge in [0.2, 0.25) is 0 Å². The minimum atomic E-state index is -0.589. The van der Waals surface area contributed by atoms with Crippen molar-refractivity contribution < 1.29 is 14.3 Å². The highest BCUT2D eigenvalue weighted by molar-refractivity contribution is 5.74. The van der Waals surface area contributed by atoms with Gasteiger partial charge in [0, 0.05) is 12.1 Å². The molecule has 0 saturated carbocycles. The number of benzene rings is 1. The van der Waals surface area contributed by atoms with E-state index in [2.05, 4.69) is 26.1 Å². The third-order valence-electron chi connectivity index (χ3n) is 2.68. The van der Waals surface area contributed by atoms with E-state index in [4.69, 9.17) is 9.47 Å². The van der Waals surface area contributed by atoms with Gasteiger partial charge < -0.3 is 14.8 Å². The molecule has 0 spiro atoms. The maximum atomic E-state index is 11.5. The Morgan fingerprint density at radius 1 is 1.25 bits per heavy atom. The van der Waals surface area contributed by atoms with Crippen LogP contribution in [0.3, 0.4) is 0 Å². The van der Waals surface area contributed by atoms with Crippen LogP contribution in [0.1, 0.15) is 40.2 Å². The van der Waals surface area contributed by atoms with Crippen molar-refractivity contribution in [3.05, 3.63) is 29.8 Å². The fourth-order valence-corrected chi connectivity index (χ4v) is 1.56. The highest BCUT2D eigenvalue weighted by Gasteiger charge is 2.15. The zero-order valence-electron chi connectivity index (χ0n) is 13.0. The highest BCUT2D eigenvalue weighted by Crippen LogP contribution is 2.15. The second kappa shape index (κ2) is 7.29. The van der Waals surface area contributed by atoms with Gasteiger partial charge in [0.25, 0.3) is 0 Å². The summed E-state index contributed by atoms with van der Waals surface area (Å²) in [5.41, 5.74) is 1.27. The van der Waals surface area contributed by atoms with E-state index in [1.54, 1.807) is 13.8 Å². The summed E-state index contributed by atoms with van der Waals surface area (Å²) in [4.78, 5) is 11.5. The molecule has 0 aliphatic carbocycles. The van der Waals surface area contributed by atoms with E-state index in [1.807, 2.05) is 24.3 Å². The first-order valence-electron chi connectivity index (χ1n) is 6.99. The summed E-state index contributed by atoms with van der Waals surface area (Å²) < 4.78 is 10.4. The van der Waals surface area contributed by atoms with Crippen LogP contribution in [-0.4, -0.2) is 24.2 Å². The van der Waals surface area contributed by atoms with E-state index >= 15 is 0 Å². The number of carbonyl (C=O) groups is 1. The Morgan fingerprint density at radius 3 is 2.35 bits per heavy atom. The lowest BCUT2D eigenvalue weighted by Gasteiger charge is -2.20. The highest BCUT2D eigenvalue weighted by atomic mass is 16.6. The van der Waals surface area contributed by atoms with Crippen molar-refractivity contribution in [1.29, 1.82) is 0 Å². The van der Waals surface area contributed by atoms with Gasteiger partial charge in [-0.05, 0) is 52.3 Å². The lowest BCUT2D eigenvalue weighted by atomic mass is 10.1. The van der Waals surface area contributed by atoms with Crippen LogP contribution in [0.5, 0.6) is 5.75 Å². The van der Waals surface area contributed by atoms with Crippen LogP contribution in [0.4, 0.5) is 0 Å². The molecule has 0 aromatic heterocycles.